The predicted molar refractivity (Wildman–Crippen MR) is 108 cm³/mol. The minimum Gasteiger partial charge on any atom is -0.493 e. The van der Waals surface area contributed by atoms with Crippen molar-refractivity contribution in [3.63, 3.8) is 0 Å². The summed E-state index contributed by atoms with van der Waals surface area (Å²) in [4.78, 5) is 30.4. The summed E-state index contributed by atoms with van der Waals surface area (Å²) in [6.07, 6.45) is 0.556. The van der Waals surface area contributed by atoms with E-state index in [0.717, 1.165) is 0 Å². The first-order valence-electron chi connectivity index (χ1n) is 9.27. The average molecular weight is 474 g/mol. The van der Waals surface area contributed by atoms with Crippen LogP contribution in [-0.4, -0.2) is 70.7 Å². The lowest BCUT2D eigenvalue weighted by Crippen LogP contribution is -2.58. The standard InChI is InChI=1S/C19H28BrN3O6/c1-19(2,3)15(22-18(27)28-4)16(24)23-9-11(7-13(23)17(25)26)10-29-12-5-6-21-14(20)8-12/h5-6,8,11,13,15,18,22,27H,7,9-10H2,1-4H3,(H,25,26)/t11-,13+,15-,18?/m1/s1. The van der Waals surface area contributed by atoms with Gasteiger partial charge in [-0.2, -0.15) is 0 Å². The number of rotatable bonds is 8. The molecule has 0 spiro atoms. The molecule has 1 unspecified atom stereocenters. The Morgan fingerprint density at radius 1 is 1.45 bits per heavy atom. The summed E-state index contributed by atoms with van der Waals surface area (Å²) in [5, 5.41) is 22.2. The highest BCUT2D eigenvalue weighted by molar-refractivity contribution is 9.10. The Morgan fingerprint density at radius 2 is 2.14 bits per heavy atom. The molecule has 1 amide bonds. The van der Waals surface area contributed by atoms with E-state index in [1.54, 1.807) is 18.3 Å². The van der Waals surface area contributed by atoms with Crippen molar-refractivity contribution in [1.29, 1.82) is 0 Å². The number of aliphatic hydroxyl groups excluding tert-OH is 1. The molecule has 10 heteroatoms. The van der Waals surface area contributed by atoms with Crippen LogP contribution < -0.4 is 10.1 Å². The zero-order valence-electron chi connectivity index (χ0n) is 17.0. The average Bonchev–Trinajstić information content (AvgIpc) is 3.07. The smallest absolute Gasteiger partial charge is 0.326 e. The van der Waals surface area contributed by atoms with E-state index in [4.69, 9.17) is 9.47 Å². The van der Waals surface area contributed by atoms with Crippen LogP contribution in [0.3, 0.4) is 0 Å². The number of ether oxygens (including phenoxy) is 2. The van der Waals surface area contributed by atoms with Crippen LogP contribution in [0.1, 0.15) is 27.2 Å². The Bertz CT molecular complexity index is 726. The molecular formula is C19H28BrN3O6. The minimum atomic E-state index is -1.33. The van der Waals surface area contributed by atoms with Gasteiger partial charge >= 0.3 is 5.97 Å². The van der Waals surface area contributed by atoms with E-state index in [0.29, 0.717) is 10.4 Å². The molecule has 162 valence electrons. The molecule has 29 heavy (non-hydrogen) atoms. The number of nitrogens with one attached hydrogen (secondary N) is 1. The maximum Gasteiger partial charge on any atom is 0.326 e. The van der Waals surface area contributed by atoms with Crippen molar-refractivity contribution in [2.45, 2.75) is 45.7 Å². The maximum atomic E-state index is 13.2. The number of pyridine rings is 1. The van der Waals surface area contributed by atoms with Gasteiger partial charge in [-0.25, -0.2) is 9.78 Å². The molecule has 2 heterocycles. The molecule has 0 aliphatic carbocycles. The number of aliphatic carboxylic acids is 1. The third kappa shape index (κ3) is 6.36. The van der Waals surface area contributed by atoms with Gasteiger partial charge in [-0.1, -0.05) is 20.8 Å². The summed E-state index contributed by atoms with van der Waals surface area (Å²) in [5.41, 5.74) is -0.572. The summed E-state index contributed by atoms with van der Waals surface area (Å²) < 4.78 is 11.2. The van der Waals surface area contributed by atoms with Crippen LogP contribution in [0.25, 0.3) is 0 Å². The van der Waals surface area contributed by atoms with Gasteiger partial charge in [0.2, 0.25) is 12.3 Å². The van der Waals surface area contributed by atoms with Gasteiger partial charge in [0.05, 0.1) is 12.6 Å². The number of carboxylic acid groups (broad SMARTS) is 1. The number of halogens is 1. The van der Waals surface area contributed by atoms with E-state index < -0.39 is 35.8 Å². The lowest BCUT2D eigenvalue weighted by Gasteiger charge is -2.36. The van der Waals surface area contributed by atoms with Gasteiger partial charge in [0.25, 0.3) is 0 Å². The molecule has 0 saturated carbocycles. The summed E-state index contributed by atoms with van der Waals surface area (Å²) in [6, 6.07) is 1.66. The molecule has 0 bridgehead atoms. The number of aromatic nitrogens is 1. The number of nitrogens with zero attached hydrogens (tertiary/aromatic N) is 2. The number of carbonyl (C=O) groups is 2. The number of aliphatic hydroxyl groups is 1. The fraction of sp³-hybridized carbons (Fsp3) is 0.632. The van der Waals surface area contributed by atoms with Crippen molar-refractivity contribution < 1.29 is 29.3 Å². The maximum absolute atomic E-state index is 13.2. The topological polar surface area (TPSA) is 121 Å². The minimum absolute atomic E-state index is 0.139. The molecule has 1 aliphatic heterocycles. The van der Waals surface area contributed by atoms with Gasteiger partial charge in [0.15, 0.2) is 0 Å². The van der Waals surface area contributed by atoms with Crippen molar-refractivity contribution in [3.05, 3.63) is 22.9 Å². The normalized spacial score (nSPS) is 21.7. The number of hydrogen-bond acceptors (Lipinski definition) is 7. The van der Waals surface area contributed by atoms with E-state index in [2.05, 4.69) is 26.2 Å². The Labute approximate surface area is 178 Å². The lowest BCUT2D eigenvalue weighted by molar-refractivity contribution is -0.154. The number of hydrogen-bond donors (Lipinski definition) is 3. The zero-order valence-corrected chi connectivity index (χ0v) is 18.5. The van der Waals surface area contributed by atoms with Gasteiger partial charge < -0.3 is 24.6 Å². The molecule has 1 aromatic heterocycles. The second-order valence-electron chi connectivity index (χ2n) is 8.13. The highest BCUT2D eigenvalue weighted by Crippen LogP contribution is 2.29. The van der Waals surface area contributed by atoms with Gasteiger partial charge in [0, 0.05) is 31.8 Å². The van der Waals surface area contributed by atoms with E-state index in [1.165, 1.54) is 12.0 Å². The fourth-order valence-electron chi connectivity index (χ4n) is 3.28. The third-order valence-electron chi connectivity index (χ3n) is 4.79. The van der Waals surface area contributed by atoms with Crippen molar-refractivity contribution in [2.75, 3.05) is 20.3 Å². The Kier molecular flexibility index (Phi) is 7.98. The molecule has 3 N–H and O–H groups in total. The Morgan fingerprint density at radius 3 is 2.69 bits per heavy atom. The largest absolute Gasteiger partial charge is 0.493 e. The molecule has 1 aromatic rings. The summed E-state index contributed by atoms with van der Waals surface area (Å²) in [7, 11) is 1.31. The van der Waals surface area contributed by atoms with Crippen molar-refractivity contribution in [3.8, 4) is 5.75 Å². The molecule has 9 nitrogen and oxygen atoms in total. The fourth-order valence-corrected chi connectivity index (χ4v) is 3.62. The number of methoxy groups -OCH3 is 1. The van der Waals surface area contributed by atoms with Crippen LogP contribution in [0.15, 0.2) is 22.9 Å². The second kappa shape index (κ2) is 9.84. The molecule has 0 radical (unpaired) electrons. The number of amides is 1. The zero-order chi connectivity index (χ0) is 21.8. The van der Waals surface area contributed by atoms with Crippen LogP contribution in [0.5, 0.6) is 5.75 Å². The third-order valence-corrected chi connectivity index (χ3v) is 5.22. The van der Waals surface area contributed by atoms with Crippen molar-refractivity contribution in [1.82, 2.24) is 15.2 Å². The van der Waals surface area contributed by atoms with E-state index in [9.17, 15) is 19.8 Å². The van der Waals surface area contributed by atoms with Crippen LogP contribution in [0.2, 0.25) is 0 Å². The quantitative estimate of drug-likeness (QED) is 0.383. The molecular weight excluding hydrogens is 446 g/mol. The van der Waals surface area contributed by atoms with E-state index in [1.807, 2.05) is 20.8 Å². The molecule has 0 aromatic carbocycles. The Hall–Kier alpha value is -1.75. The lowest BCUT2D eigenvalue weighted by atomic mass is 9.85. The van der Waals surface area contributed by atoms with Crippen LogP contribution >= 0.6 is 15.9 Å². The van der Waals surface area contributed by atoms with Crippen LogP contribution in [-0.2, 0) is 14.3 Å². The van der Waals surface area contributed by atoms with Crippen molar-refractivity contribution in [2.24, 2.45) is 11.3 Å². The van der Waals surface area contributed by atoms with E-state index in [-0.39, 0.29) is 25.5 Å². The van der Waals surface area contributed by atoms with Crippen LogP contribution in [0.4, 0.5) is 0 Å². The molecule has 1 saturated heterocycles. The molecule has 4 atom stereocenters. The molecule has 2 rings (SSSR count). The highest BCUT2D eigenvalue weighted by atomic mass is 79.9. The van der Waals surface area contributed by atoms with Crippen LogP contribution in [0, 0.1) is 11.3 Å². The number of carboxylic acids is 1. The highest BCUT2D eigenvalue weighted by Gasteiger charge is 2.45. The summed E-state index contributed by atoms with van der Waals surface area (Å²) in [6.45, 7) is 6.02. The SMILES string of the molecule is COC(O)N[C@H](C(=O)N1C[C@H](COc2ccnc(Br)c2)C[C@H]1C(=O)O)C(C)(C)C. The predicted octanol–water partition coefficient (Wildman–Crippen LogP) is 1.45. The first kappa shape index (κ1) is 23.5. The summed E-state index contributed by atoms with van der Waals surface area (Å²) >= 11 is 3.27. The number of carbonyl (C=O) groups excluding carboxylic acids is 1. The van der Waals surface area contributed by atoms with Gasteiger partial charge in [-0.3, -0.25) is 10.1 Å². The molecule has 1 aliphatic rings. The monoisotopic (exact) mass is 473 g/mol. The van der Waals surface area contributed by atoms with Gasteiger partial charge in [-0.15, -0.1) is 0 Å². The summed E-state index contributed by atoms with van der Waals surface area (Å²) in [5.74, 6) is -0.983. The van der Waals surface area contributed by atoms with Gasteiger partial charge in [-0.05, 0) is 33.8 Å². The molecule has 1 fully saturated rings. The first-order chi connectivity index (χ1) is 13.5. The number of likely N-dealkylation sites (tertiary alicyclic amines) is 1. The second-order valence-corrected chi connectivity index (χ2v) is 8.94. The first-order valence-corrected chi connectivity index (χ1v) is 10.1. The Balaban J connectivity index is 2.12. The van der Waals surface area contributed by atoms with E-state index >= 15 is 0 Å². The van der Waals surface area contributed by atoms with Gasteiger partial charge in [0.1, 0.15) is 16.4 Å². The van der Waals surface area contributed by atoms with Crippen molar-refractivity contribution >= 4 is 27.8 Å².